The van der Waals surface area contributed by atoms with E-state index in [4.69, 9.17) is 10.2 Å². The van der Waals surface area contributed by atoms with Gasteiger partial charge in [0.15, 0.2) is 0 Å². The van der Waals surface area contributed by atoms with E-state index in [1.807, 2.05) is 0 Å². The van der Waals surface area contributed by atoms with Gasteiger partial charge < -0.3 is 10.2 Å². The van der Waals surface area contributed by atoms with Crippen LogP contribution in [0.3, 0.4) is 0 Å². The Morgan fingerprint density at radius 3 is 1.55 bits per heavy atom. The number of aromatic carboxylic acids is 2. The van der Waals surface area contributed by atoms with Crippen LogP contribution in [0.2, 0.25) is 0 Å². The molecule has 106 valence electrons. The molecule has 1 aromatic heterocycles. The van der Waals surface area contributed by atoms with Crippen molar-refractivity contribution in [3.63, 3.8) is 0 Å². The van der Waals surface area contributed by atoms with Gasteiger partial charge in [-0.05, 0) is 26.0 Å². The topological polar surface area (TPSA) is 102 Å². The smallest absolute Gasteiger partial charge is 0.336 e. The quantitative estimate of drug-likeness (QED) is 0.876. The fourth-order valence-corrected chi connectivity index (χ4v) is 2.33. The molecule has 2 rings (SSSR count). The number of hydrogen-bond acceptors (Lipinski definition) is 3. The van der Waals surface area contributed by atoms with Crippen molar-refractivity contribution in [2.75, 3.05) is 0 Å². The number of carbonyl (C=O) groups is 2. The third kappa shape index (κ3) is 1.87. The molecule has 2 N–H and O–H groups in total. The summed E-state index contributed by atoms with van der Waals surface area (Å²) in [5.41, 5.74) is -0.0479. The minimum Gasteiger partial charge on any atom is -0.478 e. The number of fused-ring (bicyclic) bond motifs is 1. The molecule has 0 bridgehead atoms. The molecule has 0 fully saturated rings. The maximum atomic E-state index is 12.1. The summed E-state index contributed by atoms with van der Waals surface area (Å²) in [5, 5.41) is 18.2. The molecule has 0 saturated heterocycles. The molecule has 0 unspecified atom stereocenters. The Labute approximate surface area is 113 Å². The van der Waals surface area contributed by atoms with E-state index in [1.54, 1.807) is 13.8 Å². The van der Waals surface area contributed by atoms with Gasteiger partial charge in [0.1, 0.15) is 0 Å². The van der Waals surface area contributed by atoms with E-state index in [9.17, 15) is 14.4 Å². The molecular formula is C13H14N2O5. The van der Waals surface area contributed by atoms with Crippen LogP contribution in [0.1, 0.15) is 34.6 Å². The van der Waals surface area contributed by atoms with E-state index in [-0.39, 0.29) is 16.8 Å². The summed E-state index contributed by atoms with van der Waals surface area (Å²) >= 11 is 0. The van der Waals surface area contributed by atoms with Crippen LogP contribution in [0.4, 0.5) is 0 Å². The van der Waals surface area contributed by atoms with Crippen molar-refractivity contribution in [2.24, 2.45) is 0 Å². The molecule has 0 saturated carbocycles. The third-order valence-electron chi connectivity index (χ3n) is 3.25. The van der Waals surface area contributed by atoms with Crippen LogP contribution in [-0.4, -0.2) is 31.3 Å². The fraction of sp³-hybridized carbons (Fsp3) is 0.308. The van der Waals surface area contributed by atoms with Gasteiger partial charge in [0.25, 0.3) is 0 Å². The van der Waals surface area contributed by atoms with E-state index in [0.717, 1.165) is 0 Å². The Bertz CT molecular complexity index is 707. The van der Waals surface area contributed by atoms with Gasteiger partial charge in [-0.15, -0.1) is 0 Å². The first kappa shape index (κ1) is 13.9. The lowest BCUT2D eigenvalue weighted by molar-refractivity contribution is 0.0652. The van der Waals surface area contributed by atoms with Gasteiger partial charge in [0.05, 0.1) is 22.2 Å². The number of hydrogen-bond donors (Lipinski definition) is 2. The van der Waals surface area contributed by atoms with Crippen molar-refractivity contribution in [2.45, 2.75) is 26.9 Å². The van der Waals surface area contributed by atoms with Gasteiger partial charge in [0, 0.05) is 13.1 Å². The molecule has 0 aliphatic rings. The highest BCUT2D eigenvalue weighted by Gasteiger charge is 2.21. The molecule has 7 nitrogen and oxygen atoms in total. The molecule has 0 aliphatic carbocycles. The molecule has 0 atom stereocenters. The molecule has 7 heteroatoms. The standard InChI is InChI=1S/C13H14N2O5/c1-3-14-9-5-7(11(16)17)8(12(18)19)6-10(9)15(4-2)13(14)20/h5-6H,3-4H2,1-2H3,(H,16,17)(H,18,19). The van der Waals surface area contributed by atoms with E-state index in [0.29, 0.717) is 24.1 Å². The predicted octanol–water partition coefficient (Wildman–Crippen LogP) is 1.24. The lowest BCUT2D eigenvalue weighted by Crippen LogP contribution is -2.23. The number of imidazole rings is 1. The number of aromatic nitrogens is 2. The van der Waals surface area contributed by atoms with Gasteiger partial charge in [0.2, 0.25) is 0 Å². The Balaban J connectivity index is 2.98. The SMILES string of the molecule is CCn1c(=O)n(CC)c2cc(C(=O)O)c(C(=O)O)cc21. The van der Waals surface area contributed by atoms with E-state index < -0.39 is 11.9 Å². The Morgan fingerprint density at radius 2 is 1.30 bits per heavy atom. The summed E-state index contributed by atoms with van der Waals surface area (Å²) in [5.74, 6) is -2.66. The maximum Gasteiger partial charge on any atom is 0.336 e. The highest BCUT2D eigenvalue weighted by Crippen LogP contribution is 2.20. The second kappa shape index (κ2) is 4.84. The highest BCUT2D eigenvalue weighted by molar-refractivity contribution is 6.05. The third-order valence-corrected chi connectivity index (χ3v) is 3.25. The Hall–Kier alpha value is -2.57. The van der Waals surface area contributed by atoms with Crippen molar-refractivity contribution in [3.8, 4) is 0 Å². The highest BCUT2D eigenvalue weighted by atomic mass is 16.4. The number of carboxylic acid groups (broad SMARTS) is 2. The number of aryl methyl sites for hydroxylation is 2. The van der Waals surface area contributed by atoms with Crippen molar-refractivity contribution in [1.29, 1.82) is 0 Å². The number of carboxylic acids is 2. The van der Waals surface area contributed by atoms with Crippen LogP contribution in [0.15, 0.2) is 16.9 Å². The molecule has 1 aromatic carbocycles. The van der Waals surface area contributed by atoms with Gasteiger partial charge in [-0.2, -0.15) is 0 Å². The summed E-state index contributed by atoms with van der Waals surface area (Å²) in [6.07, 6.45) is 0. The van der Waals surface area contributed by atoms with Crippen LogP contribution in [0.5, 0.6) is 0 Å². The molecule has 20 heavy (non-hydrogen) atoms. The van der Waals surface area contributed by atoms with Gasteiger partial charge in [-0.1, -0.05) is 0 Å². The zero-order valence-electron chi connectivity index (χ0n) is 11.1. The molecule has 0 aliphatic heterocycles. The van der Waals surface area contributed by atoms with Crippen molar-refractivity contribution in [1.82, 2.24) is 9.13 Å². The van der Waals surface area contributed by atoms with Crippen LogP contribution in [0.25, 0.3) is 11.0 Å². The lowest BCUT2D eigenvalue weighted by atomic mass is 10.1. The molecule has 1 heterocycles. The normalized spacial score (nSPS) is 10.9. The van der Waals surface area contributed by atoms with Gasteiger partial charge >= 0.3 is 17.6 Å². The molecule has 0 radical (unpaired) electrons. The zero-order chi connectivity index (χ0) is 15.0. The van der Waals surface area contributed by atoms with Crippen LogP contribution < -0.4 is 5.69 Å². The van der Waals surface area contributed by atoms with Gasteiger partial charge in [-0.3, -0.25) is 9.13 Å². The molecule has 0 amide bonds. The van der Waals surface area contributed by atoms with Crippen molar-refractivity contribution >= 4 is 23.0 Å². The van der Waals surface area contributed by atoms with Crippen molar-refractivity contribution in [3.05, 3.63) is 33.7 Å². The first-order chi connectivity index (χ1) is 9.42. The minimum absolute atomic E-state index is 0.274. The molecular weight excluding hydrogens is 264 g/mol. The first-order valence-electron chi connectivity index (χ1n) is 6.16. The summed E-state index contributed by atoms with van der Waals surface area (Å²) in [6.45, 7) is 4.31. The Kier molecular flexibility index (Phi) is 3.35. The molecule has 0 spiro atoms. The first-order valence-corrected chi connectivity index (χ1v) is 6.16. The Morgan fingerprint density at radius 1 is 0.950 bits per heavy atom. The average molecular weight is 278 g/mol. The summed E-state index contributed by atoms with van der Waals surface area (Å²) in [6, 6.07) is 2.50. The maximum absolute atomic E-state index is 12.1. The number of benzene rings is 1. The van der Waals surface area contributed by atoms with Crippen LogP contribution in [0, 0.1) is 0 Å². The molecule has 2 aromatic rings. The minimum atomic E-state index is -1.33. The summed E-state index contributed by atoms with van der Waals surface area (Å²) in [7, 11) is 0. The van der Waals surface area contributed by atoms with E-state index in [1.165, 1.54) is 21.3 Å². The second-order valence-corrected chi connectivity index (χ2v) is 4.27. The van der Waals surface area contributed by atoms with E-state index >= 15 is 0 Å². The number of rotatable bonds is 4. The van der Waals surface area contributed by atoms with Gasteiger partial charge in [-0.25, -0.2) is 14.4 Å². The van der Waals surface area contributed by atoms with Crippen LogP contribution in [-0.2, 0) is 13.1 Å². The van der Waals surface area contributed by atoms with Crippen LogP contribution >= 0.6 is 0 Å². The second-order valence-electron chi connectivity index (χ2n) is 4.27. The predicted molar refractivity (Wildman–Crippen MR) is 71.5 cm³/mol. The summed E-state index contributed by atoms with van der Waals surface area (Å²) in [4.78, 5) is 34.5. The summed E-state index contributed by atoms with van der Waals surface area (Å²) < 4.78 is 2.85. The fourth-order valence-electron chi connectivity index (χ4n) is 2.33. The van der Waals surface area contributed by atoms with E-state index in [2.05, 4.69) is 0 Å². The number of nitrogens with zero attached hydrogens (tertiary/aromatic N) is 2. The zero-order valence-corrected chi connectivity index (χ0v) is 11.1. The largest absolute Gasteiger partial charge is 0.478 e. The lowest BCUT2D eigenvalue weighted by Gasteiger charge is -2.04. The van der Waals surface area contributed by atoms with Crippen molar-refractivity contribution < 1.29 is 19.8 Å². The average Bonchev–Trinajstić information content (AvgIpc) is 2.67. The monoisotopic (exact) mass is 278 g/mol.